The van der Waals surface area contributed by atoms with Crippen molar-refractivity contribution in [2.24, 2.45) is 35.0 Å². The van der Waals surface area contributed by atoms with Crippen molar-refractivity contribution in [1.29, 1.82) is 5.41 Å². The maximum Gasteiger partial charge on any atom is 0.326 e. The molecule has 1 aliphatic rings. The fourth-order valence-electron chi connectivity index (χ4n) is 12.8. The second-order valence-electron chi connectivity index (χ2n) is 31.9. The molecule has 48 heteroatoms. The first-order valence-corrected chi connectivity index (χ1v) is 43.0. The van der Waals surface area contributed by atoms with E-state index in [1.54, 1.807) is 47.8 Å². The molecular weight excluding hydrogens is 1700 g/mol. The Kier molecular flexibility index (Phi) is 48.3. The number of likely N-dealkylation sites (tertiary alicyclic amines) is 1. The molecule has 3 rings (SSSR count). The number of carbonyl (C=O) groups is 18. The number of carboxylic acids is 1. The van der Waals surface area contributed by atoms with E-state index in [2.05, 4.69) is 85.1 Å². The molecule has 1 fully saturated rings. The van der Waals surface area contributed by atoms with E-state index in [0.717, 1.165) is 4.90 Å². The van der Waals surface area contributed by atoms with E-state index in [9.17, 15) is 127 Å². The minimum atomic E-state index is -1.95. The summed E-state index contributed by atoms with van der Waals surface area (Å²) in [4.78, 5) is 246. The average molecular weight is 1830 g/mol. The highest BCUT2D eigenvalue weighted by Gasteiger charge is 2.42. The number of hydrogen-bond donors (Lipinski definition) is 28. The lowest BCUT2D eigenvalue weighted by molar-refractivity contribution is -0.143. The van der Waals surface area contributed by atoms with Crippen LogP contribution in [-0.2, 0) is 99.1 Å². The van der Waals surface area contributed by atoms with E-state index in [0.29, 0.717) is 5.75 Å². The molecule has 2 aromatic rings. The number of nitrogens with one attached hydrogen (secondary N) is 17. The van der Waals surface area contributed by atoms with Gasteiger partial charge in [-0.05, 0) is 137 Å². The maximum atomic E-state index is 14.5. The average Bonchev–Trinajstić information content (AvgIpc) is 1.67. The molecule has 128 heavy (non-hydrogen) atoms. The molecule has 2 aromatic carbocycles. The van der Waals surface area contributed by atoms with Crippen molar-refractivity contribution in [1.82, 2.24) is 90.0 Å². The van der Waals surface area contributed by atoms with Gasteiger partial charge in [0.05, 0.1) is 45.6 Å². The molecule has 1 aliphatic heterocycles. The number of carbonyl (C=O) groups excluding carboxylic acids is 17. The molecule has 0 unspecified atom stereocenters. The number of aliphatic carboxylic acids is 1. The Bertz CT molecular complexity index is 4110. The number of thioether (sulfide) groups is 1. The van der Waals surface area contributed by atoms with Crippen molar-refractivity contribution in [3.63, 3.8) is 0 Å². The minimum Gasteiger partial charge on any atom is -0.508 e. The number of primary amides is 1. The number of phenolic OH excluding ortho intramolecular Hbond substituents is 2. The SMILES string of the molecule is CSCC[C@H](NC(=O)[C@@H](N)[C@@H](C)O)C(=O)N[C@@H](CC(C)C)C(=O)N[C@@H](CC(C)C)C(=O)N[C@@H](CCC(N)=O)C(=O)N1CCC[C@H]1C(=O)N[C@@H](C)C(=O)NCC(=O)N[C@@H](CO)C(=O)N[C@@H](CC(C)C)C(=O)NCC(=O)N[C@@H](CO)C(=O)N[C@@H](Cc1ccc(O)cc1)C(=O)N[C@@H](CO)C(=O)N[C@@H](Cc1ccc(O)cc1)C(=O)N[C@@H](CO)C(=O)N[C@@H](CCCNC(=N)N)C(=O)O. The monoisotopic (exact) mass is 1830 g/mol. The topological polar surface area (TPSA) is 767 Å². The third-order valence-corrected chi connectivity index (χ3v) is 20.4. The summed E-state index contributed by atoms with van der Waals surface area (Å²) in [7, 11) is 0. The molecule has 1 heterocycles. The Hall–Kier alpha value is -12.1. The summed E-state index contributed by atoms with van der Waals surface area (Å²) in [5.74, 6) is -19.7. The zero-order valence-electron chi connectivity index (χ0n) is 73.0. The number of nitrogens with two attached hydrogens (primary N) is 3. The van der Waals surface area contributed by atoms with Crippen molar-refractivity contribution >= 4 is 124 Å². The molecule has 0 radical (unpaired) electrons. The van der Waals surface area contributed by atoms with Crippen LogP contribution in [0.5, 0.6) is 11.5 Å². The molecule has 0 aromatic heterocycles. The van der Waals surface area contributed by atoms with Gasteiger partial charge in [-0.3, -0.25) is 86.9 Å². The lowest BCUT2D eigenvalue weighted by Crippen LogP contribution is -2.61. The van der Waals surface area contributed by atoms with Crippen molar-refractivity contribution in [2.75, 3.05) is 64.6 Å². The first-order valence-electron chi connectivity index (χ1n) is 41.6. The van der Waals surface area contributed by atoms with Gasteiger partial charge in [0.25, 0.3) is 0 Å². The number of hydrogen-bond acceptors (Lipinski definition) is 28. The molecule has 17 amide bonds. The quantitative estimate of drug-likeness (QED) is 0.0166. The van der Waals surface area contributed by atoms with Gasteiger partial charge in [-0.15, -0.1) is 0 Å². The van der Waals surface area contributed by atoms with Gasteiger partial charge in [-0.25, -0.2) is 4.79 Å². The zero-order chi connectivity index (χ0) is 96.4. The highest BCUT2D eigenvalue weighted by atomic mass is 32.2. The molecule has 0 spiro atoms. The molecule has 0 saturated carbocycles. The summed E-state index contributed by atoms with van der Waals surface area (Å²) < 4.78 is 0. The number of amides is 17. The lowest BCUT2D eigenvalue weighted by Gasteiger charge is -2.31. The lowest BCUT2D eigenvalue weighted by atomic mass is 9.99. The van der Waals surface area contributed by atoms with Crippen LogP contribution in [0.3, 0.4) is 0 Å². The zero-order valence-corrected chi connectivity index (χ0v) is 73.8. The van der Waals surface area contributed by atoms with Crippen molar-refractivity contribution < 1.29 is 127 Å². The molecule has 47 nitrogen and oxygen atoms in total. The summed E-state index contributed by atoms with van der Waals surface area (Å²) in [5, 5.41) is 126. The fraction of sp³-hybridized carbons (Fsp3) is 0.613. The van der Waals surface area contributed by atoms with Crippen LogP contribution in [0.25, 0.3) is 0 Å². The van der Waals surface area contributed by atoms with Crippen LogP contribution in [0.1, 0.15) is 131 Å². The Morgan fingerprint density at radius 3 is 1.20 bits per heavy atom. The van der Waals surface area contributed by atoms with Crippen LogP contribution >= 0.6 is 11.8 Å². The molecule has 16 atom stereocenters. The standard InChI is InChI=1S/C80H127N21O26S/c1-39(2)28-51(66(113)87-34-63(111)90-57(36-103)73(120)97-54(31-44-14-18-46(107)19-15-44)70(117)100-59(38-105)75(122)98-55(32-45-16-20-47(108)21-17-45)71(118)99-58(37-104)74(121)93-50(79(126)127)12-10-25-85-80(83)84)94-72(119)56(35-102)89-62(110)33-86-65(112)42(7)88-76(123)60-13-11-26-101(60)78(125)49(22-23-61(81)109)92-68(115)52(29-40(3)4)96-69(116)53(30-41(5)6)95-67(114)48(24-27-128-9)91-77(124)64(82)43(8)106/h14-21,39-43,48-60,64,102-108H,10-13,22-38,82H2,1-9H3,(H2,81,109)(H,86,112)(H,87,113)(H,88,123)(H,89,110)(H,90,111)(H,91,124)(H,92,115)(H,93,121)(H,94,119)(H,95,114)(H,96,116)(H,97,120)(H,98,122)(H,99,118)(H,100,117)(H,126,127)(H4,83,84,85)/t42-,43+,48-,49-,50-,51-,52-,53-,54-,55-,56-,57-,58-,59-,60-,64-/m0/s1. The highest BCUT2D eigenvalue weighted by Crippen LogP contribution is 2.22. The first kappa shape index (κ1) is 110. The van der Waals surface area contributed by atoms with Gasteiger partial charge in [-0.1, -0.05) is 65.8 Å². The van der Waals surface area contributed by atoms with E-state index < -0.39 is 268 Å². The predicted molar refractivity (Wildman–Crippen MR) is 460 cm³/mol. The second kappa shape index (κ2) is 56.2. The van der Waals surface area contributed by atoms with E-state index in [-0.39, 0.29) is 111 Å². The smallest absolute Gasteiger partial charge is 0.326 e. The molecule has 0 aliphatic carbocycles. The number of carboxylic acid groups (broad SMARTS) is 1. The van der Waals surface area contributed by atoms with Crippen molar-refractivity contribution in [3.8, 4) is 11.5 Å². The maximum absolute atomic E-state index is 14.5. The third kappa shape index (κ3) is 39.4. The number of nitrogens with zero attached hydrogens (tertiary/aromatic N) is 1. The van der Waals surface area contributed by atoms with Crippen molar-refractivity contribution in [3.05, 3.63) is 59.7 Å². The summed E-state index contributed by atoms with van der Waals surface area (Å²) in [6.07, 6.45) is -0.803. The fourth-order valence-corrected chi connectivity index (χ4v) is 13.3. The second-order valence-corrected chi connectivity index (χ2v) is 32.9. The van der Waals surface area contributed by atoms with E-state index >= 15 is 0 Å². The molecule has 1 saturated heterocycles. The number of aliphatic hydroxyl groups excluding tert-OH is 5. The van der Waals surface area contributed by atoms with Gasteiger partial charge in [0.1, 0.15) is 102 Å². The van der Waals surface area contributed by atoms with Gasteiger partial charge in [-0.2, -0.15) is 11.8 Å². The van der Waals surface area contributed by atoms with Gasteiger partial charge in [0, 0.05) is 32.4 Å². The Morgan fingerprint density at radius 1 is 0.445 bits per heavy atom. The molecule has 31 N–H and O–H groups in total. The third-order valence-electron chi connectivity index (χ3n) is 19.7. The summed E-state index contributed by atoms with van der Waals surface area (Å²) in [6.45, 7) is 6.64. The van der Waals surface area contributed by atoms with Crippen LogP contribution in [0.2, 0.25) is 0 Å². The number of aliphatic hydroxyl groups is 5. The minimum absolute atomic E-state index is 0.00493. The van der Waals surface area contributed by atoms with Gasteiger partial charge in [0.15, 0.2) is 5.96 Å². The van der Waals surface area contributed by atoms with Gasteiger partial charge in [0.2, 0.25) is 100 Å². The number of aromatic hydroxyl groups is 2. The van der Waals surface area contributed by atoms with Crippen LogP contribution in [0, 0.1) is 23.2 Å². The Morgan fingerprint density at radius 2 is 0.805 bits per heavy atom. The van der Waals surface area contributed by atoms with Crippen molar-refractivity contribution in [2.45, 2.75) is 229 Å². The summed E-state index contributed by atoms with van der Waals surface area (Å²) >= 11 is 1.38. The van der Waals surface area contributed by atoms with Gasteiger partial charge < -0.3 is 148 Å². The highest BCUT2D eigenvalue weighted by molar-refractivity contribution is 7.98. The number of guanidine groups is 1. The molecule has 0 bridgehead atoms. The van der Waals surface area contributed by atoms with Crippen LogP contribution in [0.4, 0.5) is 0 Å². The normalized spacial score (nSPS) is 15.9. The predicted octanol–water partition coefficient (Wildman–Crippen LogP) is -9.39. The van der Waals surface area contributed by atoms with E-state index in [4.69, 9.17) is 22.6 Å². The number of rotatable bonds is 57. The van der Waals surface area contributed by atoms with E-state index in [1.165, 1.54) is 74.1 Å². The number of benzene rings is 2. The molecule has 714 valence electrons. The summed E-state index contributed by atoms with van der Waals surface area (Å²) in [6, 6.07) is -12.9. The number of phenols is 2. The van der Waals surface area contributed by atoms with Crippen LogP contribution < -0.4 is 102 Å². The summed E-state index contributed by atoms with van der Waals surface area (Å²) in [5.41, 5.74) is 17.1. The van der Waals surface area contributed by atoms with Crippen LogP contribution in [0.15, 0.2) is 48.5 Å². The van der Waals surface area contributed by atoms with Crippen LogP contribution in [-0.4, -0.2) is 319 Å². The largest absolute Gasteiger partial charge is 0.508 e. The molecular formula is C80H127N21O26S. The van der Waals surface area contributed by atoms with E-state index in [1.807, 2.05) is 0 Å². The van der Waals surface area contributed by atoms with Gasteiger partial charge >= 0.3 is 5.97 Å². The Balaban J connectivity index is 1.70. The first-order chi connectivity index (χ1) is 60.3. The Labute approximate surface area is 743 Å².